The summed E-state index contributed by atoms with van der Waals surface area (Å²) in [6.07, 6.45) is 0. The summed E-state index contributed by atoms with van der Waals surface area (Å²) in [7, 11) is 0. The van der Waals surface area contributed by atoms with Gasteiger partial charge in [-0.2, -0.15) is 5.10 Å². The van der Waals surface area contributed by atoms with E-state index >= 15 is 0 Å². The van der Waals surface area contributed by atoms with Crippen molar-refractivity contribution in [2.45, 2.75) is 26.3 Å². The Balaban J connectivity index is 1.96. The number of carboxylic acid groups (broad SMARTS) is 1. The van der Waals surface area contributed by atoms with E-state index < -0.39 is 35.3 Å². The van der Waals surface area contributed by atoms with Gasteiger partial charge in [0.05, 0.1) is 6.54 Å². The van der Waals surface area contributed by atoms with Gasteiger partial charge < -0.3 is 15.5 Å². The molecule has 8 nitrogen and oxygen atoms in total. The van der Waals surface area contributed by atoms with Gasteiger partial charge in [0.2, 0.25) is 0 Å². The molecule has 0 radical (unpaired) electrons. The van der Waals surface area contributed by atoms with Crippen molar-refractivity contribution < 1.29 is 19.8 Å². The number of carbonyl (C=O) groups is 2. The standard InChI is InChI=1S/C23H23N3O5/c1-14(2)20-21(29)19(22(30)24-12-18(27)28)23(31)26(25-20)13-15-8-10-17(11-9-15)16-6-4-3-5-7-16/h3-11,14,29H,12-13H2,1-2H3,(H,24,30)(H,27,28). The Morgan fingerprint density at radius 3 is 2.23 bits per heavy atom. The van der Waals surface area contributed by atoms with E-state index in [2.05, 4.69) is 10.4 Å². The lowest BCUT2D eigenvalue weighted by Gasteiger charge is -2.15. The van der Waals surface area contributed by atoms with E-state index in [-0.39, 0.29) is 18.2 Å². The highest BCUT2D eigenvalue weighted by atomic mass is 16.4. The van der Waals surface area contributed by atoms with Crippen molar-refractivity contribution in [1.29, 1.82) is 0 Å². The molecule has 2 aromatic carbocycles. The van der Waals surface area contributed by atoms with Gasteiger partial charge in [-0.1, -0.05) is 68.4 Å². The first kappa shape index (κ1) is 21.8. The molecule has 0 aliphatic rings. The molecule has 8 heteroatoms. The van der Waals surface area contributed by atoms with Crippen molar-refractivity contribution in [3.05, 3.63) is 81.8 Å². The van der Waals surface area contributed by atoms with Gasteiger partial charge in [-0.05, 0) is 16.7 Å². The van der Waals surface area contributed by atoms with Crippen LogP contribution in [0.3, 0.4) is 0 Å². The van der Waals surface area contributed by atoms with Crippen LogP contribution in [0.1, 0.15) is 41.4 Å². The Labute approximate surface area is 178 Å². The van der Waals surface area contributed by atoms with Crippen LogP contribution in [0.25, 0.3) is 11.1 Å². The highest BCUT2D eigenvalue weighted by Gasteiger charge is 2.24. The molecule has 3 rings (SSSR count). The molecular weight excluding hydrogens is 398 g/mol. The molecule has 0 atom stereocenters. The highest BCUT2D eigenvalue weighted by molar-refractivity contribution is 5.98. The number of aliphatic carboxylic acids is 1. The fraction of sp³-hybridized carbons (Fsp3) is 0.217. The molecule has 0 aliphatic carbocycles. The van der Waals surface area contributed by atoms with Crippen LogP contribution in [-0.4, -0.2) is 38.4 Å². The number of aromatic hydroxyl groups is 1. The van der Waals surface area contributed by atoms with E-state index in [1.807, 2.05) is 54.6 Å². The van der Waals surface area contributed by atoms with Crippen LogP contribution in [-0.2, 0) is 11.3 Å². The maximum atomic E-state index is 12.9. The number of amides is 1. The number of nitrogens with zero attached hydrogens (tertiary/aromatic N) is 2. The first-order chi connectivity index (χ1) is 14.8. The zero-order valence-corrected chi connectivity index (χ0v) is 17.2. The molecule has 1 heterocycles. The Morgan fingerprint density at radius 1 is 1.03 bits per heavy atom. The molecule has 0 spiro atoms. The van der Waals surface area contributed by atoms with Crippen LogP contribution in [0.15, 0.2) is 59.4 Å². The number of carboxylic acids is 1. The van der Waals surface area contributed by atoms with Crippen LogP contribution < -0.4 is 10.9 Å². The summed E-state index contributed by atoms with van der Waals surface area (Å²) in [5, 5.41) is 25.6. The Kier molecular flexibility index (Phi) is 6.49. The number of carbonyl (C=O) groups excluding carboxylic acids is 1. The molecule has 0 aliphatic heterocycles. The second-order valence-electron chi connectivity index (χ2n) is 7.37. The molecule has 31 heavy (non-hydrogen) atoms. The van der Waals surface area contributed by atoms with Crippen molar-refractivity contribution in [3.8, 4) is 16.9 Å². The summed E-state index contributed by atoms with van der Waals surface area (Å²) in [6.45, 7) is 2.96. The third-order valence-corrected chi connectivity index (χ3v) is 4.72. The normalized spacial score (nSPS) is 10.8. The number of aromatic nitrogens is 2. The Bertz CT molecular complexity index is 1150. The number of hydrogen-bond acceptors (Lipinski definition) is 5. The zero-order valence-electron chi connectivity index (χ0n) is 17.2. The summed E-state index contributed by atoms with van der Waals surface area (Å²) in [4.78, 5) is 36.0. The molecule has 0 unspecified atom stereocenters. The van der Waals surface area contributed by atoms with Crippen LogP contribution >= 0.6 is 0 Å². The number of nitrogens with one attached hydrogen (secondary N) is 1. The molecule has 0 fully saturated rings. The minimum Gasteiger partial charge on any atom is -0.505 e. The zero-order chi connectivity index (χ0) is 22.5. The number of hydrogen-bond donors (Lipinski definition) is 3. The Morgan fingerprint density at radius 2 is 1.65 bits per heavy atom. The second-order valence-corrected chi connectivity index (χ2v) is 7.37. The van der Waals surface area contributed by atoms with Crippen molar-refractivity contribution >= 4 is 11.9 Å². The smallest absolute Gasteiger partial charge is 0.322 e. The van der Waals surface area contributed by atoms with E-state index in [0.717, 1.165) is 21.4 Å². The summed E-state index contributed by atoms with van der Waals surface area (Å²) in [5.41, 5.74) is 1.74. The highest BCUT2D eigenvalue weighted by Crippen LogP contribution is 2.25. The maximum absolute atomic E-state index is 12.9. The third kappa shape index (κ3) is 4.98. The first-order valence-corrected chi connectivity index (χ1v) is 9.76. The lowest BCUT2D eigenvalue weighted by atomic mass is 10.0. The molecule has 1 aromatic heterocycles. The lowest BCUT2D eigenvalue weighted by molar-refractivity contribution is -0.135. The predicted octanol–water partition coefficient (Wildman–Crippen LogP) is 2.60. The number of benzene rings is 2. The van der Waals surface area contributed by atoms with Gasteiger partial charge in [0.25, 0.3) is 11.5 Å². The average Bonchev–Trinajstić information content (AvgIpc) is 2.75. The van der Waals surface area contributed by atoms with Crippen LogP contribution in [0.2, 0.25) is 0 Å². The van der Waals surface area contributed by atoms with E-state index in [4.69, 9.17) is 5.11 Å². The van der Waals surface area contributed by atoms with Crippen LogP contribution in [0.4, 0.5) is 0 Å². The van der Waals surface area contributed by atoms with Gasteiger partial charge in [0, 0.05) is 5.92 Å². The average molecular weight is 421 g/mol. The quantitative estimate of drug-likeness (QED) is 0.539. The summed E-state index contributed by atoms with van der Waals surface area (Å²) >= 11 is 0. The van der Waals surface area contributed by atoms with Crippen LogP contribution in [0.5, 0.6) is 5.75 Å². The van der Waals surface area contributed by atoms with Gasteiger partial charge in [-0.3, -0.25) is 14.4 Å². The summed E-state index contributed by atoms with van der Waals surface area (Å²) in [5.74, 6) is -3.01. The van der Waals surface area contributed by atoms with Gasteiger partial charge >= 0.3 is 5.97 Å². The lowest BCUT2D eigenvalue weighted by Crippen LogP contribution is -2.37. The first-order valence-electron chi connectivity index (χ1n) is 9.76. The topological polar surface area (TPSA) is 122 Å². The van der Waals surface area contributed by atoms with Gasteiger partial charge in [-0.25, -0.2) is 4.68 Å². The fourth-order valence-corrected chi connectivity index (χ4v) is 3.13. The summed E-state index contributed by atoms with van der Waals surface area (Å²) in [6, 6.07) is 17.4. The van der Waals surface area contributed by atoms with Crippen molar-refractivity contribution in [2.24, 2.45) is 0 Å². The minimum atomic E-state index is -1.26. The SMILES string of the molecule is CC(C)c1nn(Cc2ccc(-c3ccccc3)cc2)c(=O)c(C(=O)NCC(=O)O)c1O. The third-order valence-electron chi connectivity index (χ3n) is 4.72. The van der Waals surface area contributed by atoms with E-state index in [1.165, 1.54) is 0 Å². The van der Waals surface area contributed by atoms with Crippen molar-refractivity contribution in [3.63, 3.8) is 0 Å². The predicted molar refractivity (Wildman–Crippen MR) is 115 cm³/mol. The molecule has 0 saturated carbocycles. The van der Waals surface area contributed by atoms with Gasteiger partial charge in [0.1, 0.15) is 17.8 Å². The molecule has 160 valence electrons. The van der Waals surface area contributed by atoms with E-state index in [9.17, 15) is 19.5 Å². The van der Waals surface area contributed by atoms with E-state index in [1.54, 1.807) is 13.8 Å². The second kappa shape index (κ2) is 9.25. The summed E-state index contributed by atoms with van der Waals surface area (Å²) < 4.78 is 1.11. The molecule has 3 aromatic rings. The molecular formula is C23H23N3O5. The number of rotatable bonds is 7. The molecule has 1 amide bonds. The maximum Gasteiger partial charge on any atom is 0.322 e. The fourth-order valence-electron chi connectivity index (χ4n) is 3.13. The molecule has 3 N–H and O–H groups in total. The van der Waals surface area contributed by atoms with Crippen molar-refractivity contribution in [1.82, 2.24) is 15.1 Å². The molecule has 0 bridgehead atoms. The van der Waals surface area contributed by atoms with Crippen molar-refractivity contribution in [2.75, 3.05) is 6.54 Å². The monoisotopic (exact) mass is 421 g/mol. The van der Waals surface area contributed by atoms with Gasteiger partial charge in [-0.15, -0.1) is 0 Å². The largest absolute Gasteiger partial charge is 0.505 e. The minimum absolute atomic E-state index is 0.0904. The van der Waals surface area contributed by atoms with Gasteiger partial charge in [0.15, 0.2) is 5.75 Å². The van der Waals surface area contributed by atoms with Crippen LogP contribution in [0, 0.1) is 0 Å². The molecule has 0 saturated heterocycles. The van der Waals surface area contributed by atoms with E-state index in [0.29, 0.717) is 0 Å². The Hall–Kier alpha value is -3.94.